The number of carbonyl (C=O) groups is 1. The number of methoxy groups -OCH3 is 1. The Kier molecular flexibility index (Phi) is 9.30. The van der Waals surface area contributed by atoms with E-state index in [2.05, 4.69) is 37.4 Å². The number of nitrogens with one attached hydrogen (secondary N) is 4. The average molecular weight is 733 g/mol. The highest BCUT2D eigenvalue weighted by molar-refractivity contribution is 6.36. The van der Waals surface area contributed by atoms with E-state index < -0.39 is 17.4 Å². The van der Waals surface area contributed by atoms with Crippen LogP contribution in [0.2, 0.25) is 5.02 Å². The highest BCUT2D eigenvalue weighted by Crippen LogP contribution is 2.41. The SMILES string of the molecule is COc1nc(-c2cccc(-c3cccc(Nc4nc(C(F)(F)F)cc5cnn(C)c(=O)c45)c3C)c2Cl)cc2c1CCC2.O=C1NCC2(CCNC2)N1. The fourth-order valence-corrected chi connectivity index (χ4v) is 7.37. The van der Waals surface area contributed by atoms with Crippen LogP contribution in [0.3, 0.4) is 0 Å². The molecule has 52 heavy (non-hydrogen) atoms. The van der Waals surface area contributed by atoms with E-state index in [0.717, 1.165) is 78.3 Å². The number of hydrogen-bond acceptors (Lipinski definition) is 8. The molecule has 0 radical (unpaired) electrons. The maximum atomic E-state index is 13.7. The van der Waals surface area contributed by atoms with Crippen LogP contribution in [0.15, 0.2) is 59.5 Å². The van der Waals surface area contributed by atoms with Crippen LogP contribution in [0.25, 0.3) is 33.2 Å². The Morgan fingerprint density at radius 1 is 1.02 bits per heavy atom. The van der Waals surface area contributed by atoms with Crippen LogP contribution in [-0.4, -0.2) is 58.1 Å². The number of halogens is 4. The molecule has 1 aliphatic carbocycles. The predicted octanol–water partition coefficient (Wildman–Crippen LogP) is 6.31. The fraction of sp³-hybridized carbons (Fsp3) is 0.324. The van der Waals surface area contributed by atoms with E-state index in [1.54, 1.807) is 19.2 Å². The number of nitrogens with zero attached hydrogens (tertiary/aromatic N) is 4. The lowest BCUT2D eigenvalue weighted by atomic mass is 9.96. The summed E-state index contributed by atoms with van der Waals surface area (Å²) in [6.07, 6.45) is 0.466. The van der Waals surface area contributed by atoms with Crippen LogP contribution in [0, 0.1) is 6.92 Å². The molecule has 2 amide bonds. The van der Waals surface area contributed by atoms with Crippen molar-refractivity contribution in [3.63, 3.8) is 0 Å². The summed E-state index contributed by atoms with van der Waals surface area (Å²) in [7, 11) is 3.04. The van der Waals surface area contributed by atoms with Gasteiger partial charge in [-0.25, -0.2) is 19.4 Å². The first kappa shape index (κ1) is 35.2. The Balaban J connectivity index is 0.000000360. The van der Waals surface area contributed by atoms with E-state index in [0.29, 0.717) is 27.8 Å². The van der Waals surface area contributed by atoms with Crippen molar-refractivity contribution in [2.45, 2.75) is 44.3 Å². The monoisotopic (exact) mass is 732 g/mol. The number of aryl methyl sites for hydroxylation is 2. The number of carbonyl (C=O) groups excluding carboxylic acids is 1. The van der Waals surface area contributed by atoms with Crippen LogP contribution in [0.1, 0.15) is 35.2 Å². The molecule has 2 saturated heterocycles. The molecule has 0 bridgehead atoms. The lowest BCUT2D eigenvalue weighted by Gasteiger charge is -2.18. The molecule has 5 heterocycles. The van der Waals surface area contributed by atoms with Crippen molar-refractivity contribution in [2.24, 2.45) is 7.05 Å². The Morgan fingerprint density at radius 2 is 1.79 bits per heavy atom. The summed E-state index contributed by atoms with van der Waals surface area (Å²) in [6, 6.07) is 13.9. The zero-order valence-corrected chi connectivity index (χ0v) is 29.4. The van der Waals surface area contributed by atoms with Gasteiger partial charge in [-0.05, 0) is 74.0 Å². The van der Waals surface area contributed by atoms with E-state index in [1.165, 1.54) is 18.8 Å². The standard InChI is InChI=1S/C31H25ClF3N5O2.C6H11N3O/c1-16-19(21-10-5-11-22(27(21)32)24-13-17-7-4-9-20(17)29(38-24)42-3)8-6-12-23(16)37-28-26-18(15-36-40(2)30(26)41)14-25(39-28)31(33,34)35;10-5-8-4-6(9-5)1-2-7-3-6/h5-6,8,10-15H,4,7,9H2,1-3H3,(H,37,39);7H,1-4H2,(H2,8,9,10). The Labute approximate surface area is 302 Å². The van der Waals surface area contributed by atoms with Gasteiger partial charge in [0.1, 0.15) is 11.5 Å². The van der Waals surface area contributed by atoms with Gasteiger partial charge in [0.15, 0.2) is 0 Å². The molecule has 8 rings (SSSR count). The topological polar surface area (TPSA) is 135 Å². The minimum absolute atomic E-state index is 0.00182. The Hall–Kier alpha value is -5.21. The van der Waals surface area contributed by atoms with E-state index in [1.807, 2.05) is 31.2 Å². The molecule has 2 aliphatic heterocycles. The third-order valence-corrected chi connectivity index (χ3v) is 10.2. The molecule has 1 atom stereocenters. The van der Waals surface area contributed by atoms with Gasteiger partial charge in [0.25, 0.3) is 5.56 Å². The third kappa shape index (κ3) is 6.63. The molecule has 3 aromatic heterocycles. The normalized spacial score (nSPS) is 17.8. The van der Waals surface area contributed by atoms with Gasteiger partial charge >= 0.3 is 12.2 Å². The van der Waals surface area contributed by atoms with E-state index in [9.17, 15) is 22.8 Å². The number of aromatic nitrogens is 4. The summed E-state index contributed by atoms with van der Waals surface area (Å²) in [4.78, 5) is 32.2. The van der Waals surface area contributed by atoms with Crippen LogP contribution in [0.5, 0.6) is 5.88 Å². The zero-order valence-electron chi connectivity index (χ0n) is 28.7. The van der Waals surface area contributed by atoms with Crippen LogP contribution >= 0.6 is 11.6 Å². The highest BCUT2D eigenvalue weighted by Gasteiger charge is 2.39. The number of urea groups is 1. The van der Waals surface area contributed by atoms with Gasteiger partial charge in [0.05, 0.1) is 34.9 Å². The number of alkyl halides is 3. The lowest BCUT2D eigenvalue weighted by Crippen LogP contribution is -2.45. The fourth-order valence-electron chi connectivity index (χ4n) is 7.05. The Bertz CT molecular complexity index is 2270. The van der Waals surface area contributed by atoms with Gasteiger partial charge in [0.2, 0.25) is 5.88 Å². The van der Waals surface area contributed by atoms with Crippen LogP contribution in [-0.2, 0) is 26.1 Å². The van der Waals surface area contributed by atoms with Gasteiger partial charge in [-0.1, -0.05) is 41.9 Å². The maximum Gasteiger partial charge on any atom is 0.433 e. The largest absolute Gasteiger partial charge is 0.481 e. The smallest absolute Gasteiger partial charge is 0.433 e. The molecule has 0 saturated carbocycles. The lowest BCUT2D eigenvalue weighted by molar-refractivity contribution is -0.141. The molecule has 11 nitrogen and oxygen atoms in total. The number of amides is 2. The van der Waals surface area contributed by atoms with Crippen molar-refractivity contribution in [2.75, 3.05) is 32.1 Å². The van der Waals surface area contributed by atoms with Crippen molar-refractivity contribution in [1.29, 1.82) is 0 Å². The summed E-state index contributed by atoms with van der Waals surface area (Å²) in [5, 5.41) is 16.3. The number of pyridine rings is 2. The van der Waals surface area contributed by atoms with Gasteiger partial charge in [0, 0.05) is 47.9 Å². The molecule has 2 fully saturated rings. The molecule has 1 unspecified atom stereocenters. The minimum Gasteiger partial charge on any atom is -0.481 e. The second-order valence-corrected chi connectivity index (χ2v) is 13.6. The second kappa shape index (κ2) is 13.7. The number of ether oxygens (including phenoxy) is 1. The number of rotatable bonds is 5. The van der Waals surface area contributed by atoms with Crippen LogP contribution < -0.4 is 31.6 Å². The summed E-state index contributed by atoms with van der Waals surface area (Å²) >= 11 is 7.01. The van der Waals surface area contributed by atoms with Crippen molar-refractivity contribution < 1.29 is 22.7 Å². The average Bonchev–Trinajstić information content (AvgIpc) is 3.88. The number of anilines is 2. The summed E-state index contributed by atoms with van der Waals surface area (Å²) in [6.45, 7) is 4.53. The van der Waals surface area contributed by atoms with Gasteiger partial charge in [-0.15, -0.1) is 0 Å². The van der Waals surface area contributed by atoms with Crippen molar-refractivity contribution in [1.82, 2.24) is 35.7 Å². The van der Waals surface area contributed by atoms with Gasteiger partial charge < -0.3 is 26.0 Å². The molecule has 5 aromatic rings. The van der Waals surface area contributed by atoms with Gasteiger partial charge in [-0.3, -0.25) is 4.79 Å². The molecule has 2 aromatic carbocycles. The molecule has 3 aliphatic rings. The molecule has 1 spiro atoms. The van der Waals surface area contributed by atoms with Crippen molar-refractivity contribution in [3.05, 3.63) is 92.5 Å². The molecule has 270 valence electrons. The van der Waals surface area contributed by atoms with E-state index in [-0.39, 0.29) is 28.2 Å². The molecular formula is C37H36ClF3N8O3. The summed E-state index contributed by atoms with van der Waals surface area (Å²) in [5.41, 5.74) is 4.76. The quantitative estimate of drug-likeness (QED) is 0.165. The summed E-state index contributed by atoms with van der Waals surface area (Å²) < 4.78 is 47.7. The second-order valence-electron chi connectivity index (χ2n) is 13.2. The van der Waals surface area contributed by atoms with Crippen molar-refractivity contribution in [3.8, 4) is 28.3 Å². The third-order valence-electron chi connectivity index (χ3n) is 9.82. The maximum absolute atomic E-state index is 13.7. The van der Waals surface area contributed by atoms with Crippen LogP contribution in [0.4, 0.5) is 29.5 Å². The predicted molar refractivity (Wildman–Crippen MR) is 193 cm³/mol. The first-order valence-corrected chi connectivity index (χ1v) is 17.2. The van der Waals surface area contributed by atoms with Gasteiger partial charge in [-0.2, -0.15) is 18.3 Å². The first-order chi connectivity index (χ1) is 24.9. The molecule has 4 N–H and O–H groups in total. The van der Waals surface area contributed by atoms with E-state index in [4.69, 9.17) is 21.3 Å². The highest BCUT2D eigenvalue weighted by atomic mass is 35.5. The van der Waals surface area contributed by atoms with E-state index >= 15 is 0 Å². The number of hydrogen-bond donors (Lipinski definition) is 4. The van der Waals surface area contributed by atoms with Crippen molar-refractivity contribution >= 4 is 39.9 Å². The number of benzene rings is 2. The first-order valence-electron chi connectivity index (χ1n) is 16.8. The molecule has 15 heteroatoms. The summed E-state index contributed by atoms with van der Waals surface area (Å²) in [5.74, 6) is 0.392. The Morgan fingerprint density at radius 3 is 2.50 bits per heavy atom. The zero-order chi connectivity index (χ0) is 36.8. The molecular weight excluding hydrogens is 697 g/mol. The number of fused-ring (bicyclic) bond motifs is 2. The minimum atomic E-state index is -4.72.